The fraction of sp³-hybridized carbons (Fsp3) is 0.156. The van der Waals surface area contributed by atoms with E-state index in [9.17, 15) is 14.4 Å². The van der Waals surface area contributed by atoms with Gasteiger partial charge in [-0.3, -0.25) is 9.59 Å². The van der Waals surface area contributed by atoms with E-state index in [4.69, 9.17) is 32.7 Å². The number of amides is 2. The molecule has 0 radical (unpaired) electrons. The second-order valence-corrected chi connectivity index (χ2v) is 11.9. The minimum atomic E-state index is -1.27. The quantitative estimate of drug-likeness (QED) is 0.215. The zero-order valence-corrected chi connectivity index (χ0v) is 25.2. The first-order valence-corrected chi connectivity index (χ1v) is 14.6. The van der Waals surface area contributed by atoms with E-state index in [0.717, 1.165) is 10.0 Å². The first-order chi connectivity index (χ1) is 20.2. The molecule has 0 saturated carbocycles. The number of carbonyl (C=O) groups excluding carboxylic acids is 3. The fourth-order valence-electron chi connectivity index (χ4n) is 6.01. The molecule has 3 unspecified atom stereocenters. The van der Waals surface area contributed by atoms with Crippen LogP contribution < -0.4 is 15.4 Å². The van der Waals surface area contributed by atoms with Gasteiger partial charge in [-0.1, -0.05) is 57.3 Å². The first kappa shape index (κ1) is 28.3. The third-order valence-corrected chi connectivity index (χ3v) is 8.75. The number of esters is 1. The number of halogens is 3. The van der Waals surface area contributed by atoms with Gasteiger partial charge in [0.1, 0.15) is 16.9 Å². The Balaban J connectivity index is 1.54. The van der Waals surface area contributed by atoms with Crippen LogP contribution in [-0.2, 0) is 19.7 Å². The van der Waals surface area contributed by atoms with Crippen molar-refractivity contribution in [2.45, 2.75) is 23.8 Å². The molecule has 0 aliphatic carbocycles. The zero-order valence-electron chi connectivity index (χ0n) is 22.1. The van der Waals surface area contributed by atoms with Crippen molar-refractivity contribution in [3.05, 3.63) is 122 Å². The molecule has 3 atom stereocenters. The van der Waals surface area contributed by atoms with Crippen LogP contribution in [0, 0.1) is 0 Å². The maximum atomic E-state index is 14.3. The number of rotatable bonds is 5. The van der Waals surface area contributed by atoms with Crippen LogP contribution in [0.5, 0.6) is 11.5 Å². The first-order valence-electron chi connectivity index (χ1n) is 13.0. The minimum absolute atomic E-state index is 0.0610. The smallest absolute Gasteiger partial charge is 0.337 e. The third kappa shape index (κ3) is 4.83. The normalized spacial score (nSPS) is 21.0. The van der Waals surface area contributed by atoms with Crippen molar-refractivity contribution in [2.24, 2.45) is 0 Å². The van der Waals surface area contributed by atoms with Gasteiger partial charge in [0.25, 0.3) is 0 Å². The molecule has 4 aromatic carbocycles. The van der Waals surface area contributed by atoms with E-state index in [1.165, 1.54) is 7.11 Å². The average molecular weight is 666 g/mol. The molecule has 42 heavy (non-hydrogen) atoms. The SMILES string of the molecule is COC(=O)c1ccc(Oc2ccc(Br)cc2C2NC(=O)CC(c3cccc(Cl)c3)C23C(=O)Nc2cc(Cl)ccc23)cc1. The van der Waals surface area contributed by atoms with E-state index in [2.05, 4.69) is 26.6 Å². The number of ether oxygens (including phenoxy) is 2. The van der Waals surface area contributed by atoms with Crippen molar-refractivity contribution in [3.63, 3.8) is 0 Å². The molecular formula is C32H23BrCl2N2O5. The summed E-state index contributed by atoms with van der Waals surface area (Å²) in [4.78, 5) is 39.7. The van der Waals surface area contributed by atoms with Crippen molar-refractivity contribution >= 4 is 62.6 Å². The Morgan fingerprint density at radius 2 is 1.71 bits per heavy atom. The van der Waals surface area contributed by atoms with Crippen LogP contribution in [0.25, 0.3) is 0 Å². The van der Waals surface area contributed by atoms with Crippen molar-refractivity contribution in [1.82, 2.24) is 5.32 Å². The molecule has 7 nitrogen and oxygen atoms in total. The molecule has 2 aliphatic heterocycles. The van der Waals surface area contributed by atoms with Gasteiger partial charge in [0, 0.05) is 38.1 Å². The maximum Gasteiger partial charge on any atom is 0.337 e. The van der Waals surface area contributed by atoms with Gasteiger partial charge >= 0.3 is 5.97 Å². The molecule has 1 saturated heterocycles. The van der Waals surface area contributed by atoms with Crippen molar-refractivity contribution in [2.75, 3.05) is 12.4 Å². The summed E-state index contributed by atoms with van der Waals surface area (Å²) in [6.07, 6.45) is 0.0610. The molecule has 6 rings (SSSR count). The van der Waals surface area contributed by atoms with E-state index in [0.29, 0.717) is 43.9 Å². The highest BCUT2D eigenvalue weighted by atomic mass is 79.9. The van der Waals surface area contributed by atoms with Gasteiger partial charge in [0.05, 0.1) is 18.7 Å². The number of hydrogen-bond acceptors (Lipinski definition) is 5. The van der Waals surface area contributed by atoms with E-state index < -0.39 is 23.3 Å². The molecule has 4 aromatic rings. The maximum absolute atomic E-state index is 14.3. The lowest BCUT2D eigenvalue weighted by atomic mass is 9.59. The molecule has 1 fully saturated rings. The van der Waals surface area contributed by atoms with Crippen LogP contribution in [0.1, 0.15) is 45.4 Å². The standard InChI is InChI=1S/C32H23BrCl2N2O5/c1-41-30(39)17-5-9-22(10-6-17)42-27-12-7-19(33)14-23(27)29-32(24-11-8-21(35)15-26(24)36-31(32)40)25(16-28(38)37-29)18-3-2-4-20(34)13-18/h2-15,25,29H,16H2,1H3,(H,36,40)(H,37,38). The van der Waals surface area contributed by atoms with E-state index >= 15 is 0 Å². The third-order valence-electron chi connectivity index (χ3n) is 7.79. The van der Waals surface area contributed by atoms with Gasteiger partial charge in [0.15, 0.2) is 0 Å². The number of nitrogens with one attached hydrogen (secondary N) is 2. The van der Waals surface area contributed by atoms with E-state index in [1.54, 1.807) is 54.6 Å². The molecule has 2 aliphatic rings. The lowest BCUT2D eigenvalue weighted by Crippen LogP contribution is -2.56. The molecule has 2 N–H and O–H groups in total. The lowest BCUT2D eigenvalue weighted by Gasteiger charge is -2.46. The summed E-state index contributed by atoms with van der Waals surface area (Å²) in [5.41, 5.74) is 1.74. The number of fused-ring (bicyclic) bond motifs is 2. The highest BCUT2D eigenvalue weighted by molar-refractivity contribution is 9.10. The second kappa shape index (κ2) is 11.1. The molecule has 2 amide bonds. The van der Waals surface area contributed by atoms with Crippen molar-refractivity contribution < 1.29 is 23.9 Å². The predicted molar refractivity (Wildman–Crippen MR) is 163 cm³/mol. The summed E-state index contributed by atoms with van der Waals surface area (Å²) in [7, 11) is 1.32. The molecule has 0 aromatic heterocycles. The monoisotopic (exact) mass is 664 g/mol. The van der Waals surface area contributed by atoms with Crippen molar-refractivity contribution in [3.8, 4) is 11.5 Å². The van der Waals surface area contributed by atoms with Gasteiger partial charge in [-0.25, -0.2) is 4.79 Å². The summed E-state index contributed by atoms with van der Waals surface area (Å²) in [5, 5.41) is 7.13. The summed E-state index contributed by atoms with van der Waals surface area (Å²) in [6.45, 7) is 0. The van der Waals surface area contributed by atoms with Crippen LogP contribution in [-0.4, -0.2) is 24.9 Å². The minimum Gasteiger partial charge on any atom is -0.465 e. The Kier molecular flexibility index (Phi) is 7.47. The molecule has 10 heteroatoms. The fourth-order valence-corrected chi connectivity index (χ4v) is 6.76. The Labute approximate surface area is 260 Å². The number of piperidine rings is 1. The molecule has 2 heterocycles. The number of hydrogen-bond donors (Lipinski definition) is 2. The van der Waals surface area contributed by atoms with Crippen LogP contribution in [0.15, 0.2) is 89.4 Å². The molecule has 0 bridgehead atoms. The predicted octanol–water partition coefficient (Wildman–Crippen LogP) is 7.57. The van der Waals surface area contributed by atoms with Crippen molar-refractivity contribution in [1.29, 1.82) is 0 Å². The Bertz CT molecular complexity index is 1750. The average Bonchev–Trinajstić information content (AvgIpc) is 3.25. The molecule has 1 spiro atoms. The van der Waals surface area contributed by atoms with Crippen LogP contribution in [0.4, 0.5) is 5.69 Å². The number of benzene rings is 4. The van der Waals surface area contributed by atoms with Crippen LogP contribution >= 0.6 is 39.1 Å². The Morgan fingerprint density at radius 1 is 0.952 bits per heavy atom. The Morgan fingerprint density at radius 3 is 2.45 bits per heavy atom. The number of carbonyl (C=O) groups is 3. The highest BCUT2D eigenvalue weighted by Gasteiger charge is 2.61. The van der Waals surface area contributed by atoms with Gasteiger partial charge < -0.3 is 20.1 Å². The molecule has 212 valence electrons. The Hall–Kier alpha value is -3.85. The second-order valence-electron chi connectivity index (χ2n) is 10.1. The molecular weight excluding hydrogens is 643 g/mol. The number of anilines is 1. The highest BCUT2D eigenvalue weighted by Crippen LogP contribution is 2.58. The largest absolute Gasteiger partial charge is 0.465 e. The summed E-state index contributed by atoms with van der Waals surface area (Å²) in [5.74, 6) is -0.644. The van der Waals surface area contributed by atoms with Gasteiger partial charge in [-0.15, -0.1) is 0 Å². The summed E-state index contributed by atoms with van der Waals surface area (Å²) in [6, 6.07) is 23.6. The van der Waals surface area contributed by atoms with Crippen LogP contribution in [0.3, 0.4) is 0 Å². The van der Waals surface area contributed by atoms with Gasteiger partial charge in [-0.05, 0) is 77.9 Å². The topological polar surface area (TPSA) is 93.7 Å². The van der Waals surface area contributed by atoms with E-state index in [1.807, 2.05) is 30.3 Å². The van der Waals surface area contributed by atoms with Crippen LogP contribution in [0.2, 0.25) is 10.0 Å². The number of methoxy groups -OCH3 is 1. The zero-order chi connectivity index (χ0) is 29.6. The summed E-state index contributed by atoms with van der Waals surface area (Å²) >= 11 is 16.3. The summed E-state index contributed by atoms with van der Waals surface area (Å²) < 4.78 is 11.8. The lowest BCUT2D eigenvalue weighted by molar-refractivity contribution is -0.131. The van der Waals surface area contributed by atoms with Gasteiger partial charge in [0.2, 0.25) is 11.8 Å². The van der Waals surface area contributed by atoms with Gasteiger partial charge in [-0.2, -0.15) is 0 Å². The van der Waals surface area contributed by atoms with E-state index in [-0.39, 0.29) is 18.2 Å².